The normalized spacial score (nSPS) is 28.7. The van der Waals surface area contributed by atoms with Crippen LogP contribution in [0.25, 0.3) is 0 Å². The highest BCUT2D eigenvalue weighted by molar-refractivity contribution is 5.87. The molecule has 0 spiro atoms. The molecule has 4 atom stereocenters. The molecular formula is C25H29NO5. The number of likely N-dealkylation sites (tertiary alicyclic amines) is 1. The van der Waals surface area contributed by atoms with Gasteiger partial charge in [-0.05, 0) is 50.5 Å². The van der Waals surface area contributed by atoms with Gasteiger partial charge in [0.25, 0.3) is 0 Å². The monoisotopic (exact) mass is 423 g/mol. The average Bonchev–Trinajstić information content (AvgIpc) is 3.14. The molecule has 3 aliphatic heterocycles. The number of carboxylic acid groups (broad SMARTS) is 1. The predicted octanol–water partition coefficient (Wildman–Crippen LogP) is 4.29. The first kappa shape index (κ1) is 20.3. The number of methoxy groups -OCH3 is 1. The van der Waals surface area contributed by atoms with Gasteiger partial charge in [0.2, 0.25) is 0 Å². The maximum atomic E-state index is 11.3. The lowest BCUT2D eigenvalue weighted by Gasteiger charge is -2.51. The molecule has 6 heteroatoms. The lowest BCUT2D eigenvalue weighted by molar-refractivity contribution is -0.163. The molecule has 164 valence electrons. The molecule has 3 heterocycles. The molecule has 2 fully saturated rings. The summed E-state index contributed by atoms with van der Waals surface area (Å²) in [5.74, 6) is 0.885. The van der Waals surface area contributed by atoms with E-state index in [-0.39, 0.29) is 23.7 Å². The summed E-state index contributed by atoms with van der Waals surface area (Å²) >= 11 is 0. The minimum absolute atomic E-state index is 0.00890. The Morgan fingerprint density at radius 3 is 2.84 bits per heavy atom. The number of benzene rings is 2. The molecule has 3 aliphatic rings. The van der Waals surface area contributed by atoms with Gasteiger partial charge in [0.15, 0.2) is 11.5 Å². The van der Waals surface area contributed by atoms with Gasteiger partial charge in [-0.2, -0.15) is 0 Å². The number of carbonyl (C=O) groups is 1. The molecule has 0 saturated carbocycles. The van der Waals surface area contributed by atoms with E-state index in [0.29, 0.717) is 11.6 Å². The zero-order valence-corrected chi connectivity index (χ0v) is 18.2. The highest BCUT2D eigenvalue weighted by Crippen LogP contribution is 2.54. The van der Waals surface area contributed by atoms with Crippen LogP contribution in [0.2, 0.25) is 0 Å². The Hall–Kier alpha value is -2.57. The molecule has 0 radical (unpaired) electrons. The first-order valence-electron chi connectivity index (χ1n) is 10.9. The molecule has 0 unspecified atom stereocenters. The summed E-state index contributed by atoms with van der Waals surface area (Å²) in [5.41, 5.74) is 2.06. The number of hydrogen-bond donors (Lipinski definition) is 1. The molecule has 1 N–H and O–H groups in total. The van der Waals surface area contributed by atoms with Crippen molar-refractivity contribution in [3.8, 4) is 11.5 Å². The van der Waals surface area contributed by atoms with Crippen molar-refractivity contribution in [1.82, 2.24) is 4.90 Å². The van der Waals surface area contributed by atoms with Crippen molar-refractivity contribution in [3.05, 3.63) is 59.2 Å². The van der Waals surface area contributed by atoms with Crippen LogP contribution in [0.5, 0.6) is 11.5 Å². The predicted molar refractivity (Wildman–Crippen MR) is 116 cm³/mol. The number of ether oxygens (including phenoxy) is 3. The number of nitrogens with zero attached hydrogens (tertiary/aromatic N) is 1. The molecule has 0 aliphatic carbocycles. The Bertz CT molecular complexity index is 1000. The molecule has 0 bridgehead atoms. The van der Waals surface area contributed by atoms with Crippen LogP contribution in [0, 0.1) is 5.92 Å². The fraction of sp³-hybridized carbons (Fsp3) is 0.480. The lowest BCUT2D eigenvalue weighted by Crippen LogP contribution is -2.53. The Kier molecular flexibility index (Phi) is 4.94. The van der Waals surface area contributed by atoms with Crippen LogP contribution in [-0.2, 0) is 11.3 Å². The number of rotatable bonds is 4. The molecule has 2 aromatic carbocycles. The minimum Gasteiger partial charge on any atom is -0.493 e. The largest absolute Gasteiger partial charge is 0.493 e. The van der Waals surface area contributed by atoms with Crippen molar-refractivity contribution in [2.45, 2.75) is 57.1 Å². The van der Waals surface area contributed by atoms with E-state index < -0.39 is 5.97 Å². The molecule has 6 nitrogen and oxygen atoms in total. The molecule has 0 amide bonds. The van der Waals surface area contributed by atoms with E-state index >= 15 is 0 Å². The third-order valence-corrected chi connectivity index (χ3v) is 7.13. The first-order valence-corrected chi connectivity index (χ1v) is 10.9. The molecule has 0 aromatic heterocycles. The van der Waals surface area contributed by atoms with Crippen LogP contribution in [0.1, 0.15) is 54.3 Å². The fourth-order valence-electron chi connectivity index (χ4n) is 5.55. The molecule has 5 rings (SSSR count). The number of fused-ring (bicyclic) bond motifs is 4. The molecule has 31 heavy (non-hydrogen) atoms. The van der Waals surface area contributed by atoms with Crippen LogP contribution in [0.3, 0.4) is 0 Å². The molecule has 2 saturated heterocycles. The van der Waals surface area contributed by atoms with E-state index in [4.69, 9.17) is 14.2 Å². The van der Waals surface area contributed by atoms with E-state index in [2.05, 4.69) is 24.8 Å². The van der Waals surface area contributed by atoms with E-state index in [1.54, 1.807) is 19.2 Å². The summed E-state index contributed by atoms with van der Waals surface area (Å²) in [6.45, 7) is 5.95. The molecular weight excluding hydrogens is 394 g/mol. The van der Waals surface area contributed by atoms with E-state index in [1.165, 1.54) is 0 Å². The second-order valence-electron chi connectivity index (χ2n) is 9.35. The quantitative estimate of drug-likeness (QED) is 0.792. The van der Waals surface area contributed by atoms with Gasteiger partial charge >= 0.3 is 5.97 Å². The van der Waals surface area contributed by atoms with E-state index in [1.807, 2.05) is 24.3 Å². The maximum absolute atomic E-state index is 11.3. The summed E-state index contributed by atoms with van der Waals surface area (Å²) in [7, 11) is 1.67. The van der Waals surface area contributed by atoms with Crippen molar-refractivity contribution in [3.63, 3.8) is 0 Å². The van der Waals surface area contributed by atoms with Gasteiger partial charge in [0.1, 0.15) is 5.60 Å². The fourth-order valence-corrected chi connectivity index (χ4v) is 5.55. The van der Waals surface area contributed by atoms with Crippen LogP contribution in [0.4, 0.5) is 0 Å². The second-order valence-corrected chi connectivity index (χ2v) is 9.35. The van der Waals surface area contributed by atoms with Gasteiger partial charge in [-0.25, -0.2) is 4.79 Å². The summed E-state index contributed by atoms with van der Waals surface area (Å²) in [6, 6.07) is 13.6. The smallest absolute Gasteiger partial charge is 0.335 e. The van der Waals surface area contributed by atoms with Gasteiger partial charge in [-0.1, -0.05) is 24.3 Å². The van der Waals surface area contributed by atoms with E-state index in [0.717, 1.165) is 48.6 Å². The highest BCUT2D eigenvalue weighted by atomic mass is 16.5. The Morgan fingerprint density at radius 1 is 1.26 bits per heavy atom. The third-order valence-electron chi connectivity index (χ3n) is 7.13. The van der Waals surface area contributed by atoms with Crippen LogP contribution in [-0.4, -0.2) is 47.4 Å². The van der Waals surface area contributed by atoms with Crippen molar-refractivity contribution in [2.75, 3.05) is 13.7 Å². The average molecular weight is 424 g/mol. The van der Waals surface area contributed by atoms with Crippen LogP contribution >= 0.6 is 0 Å². The SMILES string of the molecule is COc1cccc2c1OC(C)(C)[C@@H]1C[C@H]3[C@@H](CCN3Cc3cccc(C(=O)O)c3)O[C@@H]21. The maximum Gasteiger partial charge on any atom is 0.335 e. The van der Waals surface area contributed by atoms with Crippen molar-refractivity contribution >= 4 is 5.97 Å². The standard InChI is InChI=1S/C25H29NO5/c1-25(2)18-13-19-20(30-22(18)17-8-5-9-21(29-3)23(17)31-25)10-11-26(19)14-15-6-4-7-16(12-15)24(27)28/h4-9,12,18-20,22H,10-11,13-14H2,1-3H3,(H,27,28)/t18-,19+,20-,22+/m1/s1. The first-order chi connectivity index (χ1) is 14.9. The number of carboxylic acids is 1. The topological polar surface area (TPSA) is 68.2 Å². The van der Waals surface area contributed by atoms with Gasteiger partial charge in [0.05, 0.1) is 24.9 Å². The zero-order valence-electron chi connectivity index (χ0n) is 18.2. The van der Waals surface area contributed by atoms with Gasteiger partial charge in [0, 0.05) is 30.6 Å². The second kappa shape index (κ2) is 7.53. The highest BCUT2D eigenvalue weighted by Gasteiger charge is 2.53. The van der Waals surface area contributed by atoms with Gasteiger partial charge < -0.3 is 19.3 Å². The summed E-state index contributed by atoms with van der Waals surface area (Å²) < 4.78 is 18.8. The zero-order chi connectivity index (χ0) is 21.8. The summed E-state index contributed by atoms with van der Waals surface area (Å²) in [6.07, 6.45) is 2.12. The summed E-state index contributed by atoms with van der Waals surface area (Å²) in [5, 5.41) is 9.31. The van der Waals surface area contributed by atoms with Crippen molar-refractivity contribution in [1.29, 1.82) is 0 Å². The lowest BCUT2D eigenvalue weighted by atomic mass is 9.74. The Labute approximate surface area is 182 Å². The van der Waals surface area contributed by atoms with Crippen LogP contribution < -0.4 is 9.47 Å². The van der Waals surface area contributed by atoms with Gasteiger partial charge in [-0.15, -0.1) is 0 Å². The number of hydrogen-bond acceptors (Lipinski definition) is 5. The summed E-state index contributed by atoms with van der Waals surface area (Å²) in [4.78, 5) is 13.8. The minimum atomic E-state index is -0.889. The number of aromatic carboxylic acids is 1. The molecule has 2 aromatic rings. The van der Waals surface area contributed by atoms with Gasteiger partial charge in [-0.3, -0.25) is 4.90 Å². The Balaban J connectivity index is 1.40. The van der Waals surface area contributed by atoms with E-state index in [9.17, 15) is 9.90 Å². The van der Waals surface area contributed by atoms with Crippen LogP contribution in [0.15, 0.2) is 42.5 Å². The van der Waals surface area contributed by atoms with Crippen molar-refractivity contribution in [2.24, 2.45) is 5.92 Å². The Morgan fingerprint density at radius 2 is 2.06 bits per heavy atom. The number of para-hydroxylation sites is 1. The van der Waals surface area contributed by atoms with Crippen molar-refractivity contribution < 1.29 is 24.1 Å². The third kappa shape index (κ3) is 3.48.